The minimum absolute atomic E-state index is 0.000453. The quantitative estimate of drug-likeness (QED) is 0.598. The molecule has 21 heavy (non-hydrogen) atoms. The summed E-state index contributed by atoms with van der Waals surface area (Å²) in [6, 6.07) is 0.712. The number of rotatable bonds is 5. The molecule has 1 aliphatic rings. The van der Waals surface area contributed by atoms with Crippen molar-refractivity contribution in [2.45, 2.75) is 38.8 Å². The minimum atomic E-state index is -0.000453. The van der Waals surface area contributed by atoms with E-state index in [-0.39, 0.29) is 6.10 Å². The fraction of sp³-hybridized carbons (Fsp3) is 0.769. The van der Waals surface area contributed by atoms with Crippen molar-refractivity contribution in [3.8, 4) is 6.01 Å². The Morgan fingerprint density at radius 1 is 1.29 bits per heavy atom. The first-order valence-corrected chi connectivity index (χ1v) is 7.30. The Morgan fingerprint density at radius 3 is 2.52 bits per heavy atom. The van der Waals surface area contributed by atoms with Gasteiger partial charge in [0.1, 0.15) is 0 Å². The molecule has 0 atom stereocenters. The van der Waals surface area contributed by atoms with Crippen LogP contribution in [0.15, 0.2) is 0 Å². The standard InChI is InChI=1S/C13H25N7O/c1-9(2)21-13-16-11(18-14)15-12(17-13)20(4)10-5-7-19(3)8-6-10/h9-10H,5-8,14H2,1-4H3,(H,15,16,17,18). The maximum Gasteiger partial charge on any atom is 0.323 e. The Balaban J connectivity index is 2.17. The number of piperidine rings is 1. The molecule has 0 radical (unpaired) electrons. The molecular formula is C13H25N7O. The van der Waals surface area contributed by atoms with Gasteiger partial charge in [0.15, 0.2) is 0 Å². The van der Waals surface area contributed by atoms with E-state index in [0.717, 1.165) is 25.9 Å². The highest BCUT2D eigenvalue weighted by molar-refractivity contribution is 5.38. The van der Waals surface area contributed by atoms with E-state index in [2.05, 4.69) is 37.2 Å². The smallest absolute Gasteiger partial charge is 0.323 e. The lowest BCUT2D eigenvalue weighted by atomic mass is 10.0. The Kier molecular flexibility index (Phi) is 5.13. The number of likely N-dealkylation sites (tertiary alicyclic amines) is 1. The summed E-state index contributed by atoms with van der Waals surface area (Å²) in [6.07, 6.45) is 2.18. The van der Waals surface area contributed by atoms with Crippen molar-refractivity contribution in [2.24, 2.45) is 5.84 Å². The highest BCUT2D eigenvalue weighted by atomic mass is 16.5. The predicted molar refractivity (Wildman–Crippen MR) is 82.3 cm³/mol. The van der Waals surface area contributed by atoms with Gasteiger partial charge in [-0.25, -0.2) is 5.84 Å². The van der Waals surface area contributed by atoms with E-state index in [1.807, 2.05) is 20.9 Å². The number of nitrogens with zero attached hydrogens (tertiary/aromatic N) is 5. The van der Waals surface area contributed by atoms with Crippen LogP contribution in [-0.2, 0) is 0 Å². The second-order valence-electron chi connectivity index (χ2n) is 5.70. The number of nitrogens with two attached hydrogens (primary N) is 1. The first kappa shape index (κ1) is 15.7. The molecule has 1 saturated heterocycles. The van der Waals surface area contributed by atoms with Crippen LogP contribution in [0.2, 0.25) is 0 Å². The van der Waals surface area contributed by atoms with E-state index in [0.29, 0.717) is 23.9 Å². The fourth-order valence-electron chi connectivity index (χ4n) is 2.38. The molecule has 1 aliphatic heterocycles. The Morgan fingerprint density at radius 2 is 1.95 bits per heavy atom. The van der Waals surface area contributed by atoms with E-state index in [4.69, 9.17) is 10.6 Å². The van der Waals surface area contributed by atoms with Gasteiger partial charge in [0.25, 0.3) is 0 Å². The number of hydrazine groups is 1. The average molecular weight is 295 g/mol. The van der Waals surface area contributed by atoms with Crippen LogP contribution < -0.4 is 20.9 Å². The van der Waals surface area contributed by atoms with E-state index in [1.165, 1.54) is 0 Å². The first-order valence-electron chi connectivity index (χ1n) is 7.30. The Hall–Kier alpha value is -1.67. The van der Waals surface area contributed by atoms with Gasteiger partial charge in [0.05, 0.1) is 6.10 Å². The van der Waals surface area contributed by atoms with E-state index >= 15 is 0 Å². The van der Waals surface area contributed by atoms with E-state index in [1.54, 1.807) is 0 Å². The number of nitrogens with one attached hydrogen (secondary N) is 1. The molecule has 0 amide bonds. The molecule has 118 valence electrons. The summed E-state index contributed by atoms with van der Waals surface area (Å²) in [5, 5.41) is 0. The predicted octanol–water partition coefficient (Wildman–Crippen LogP) is 0.475. The minimum Gasteiger partial charge on any atom is -0.461 e. The van der Waals surface area contributed by atoms with Crippen molar-refractivity contribution >= 4 is 11.9 Å². The van der Waals surface area contributed by atoms with Gasteiger partial charge in [-0.1, -0.05) is 0 Å². The number of nitrogen functional groups attached to an aromatic ring is 1. The maximum absolute atomic E-state index is 5.56. The number of ether oxygens (including phenoxy) is 1. The van der Waals surface area contributed by atoms with Crippen molar-refractivity contribution < 1.29 is 4.74 Å². The molecule has 2 rings (SSSR count). The van der Waals surface area contributed by atoms with Crippen LogP contribution in [0.1, 0.15) is 26.7 Å². The molecule has 8 heteroatoms. The molecule has 0 saturated carbocycles. The highest BCUT2D eigenvalue weighted by Crippen LogP contribution is 2.21. The lowest BCUT2D eigenvalue weighted by Gasteiger charge is -2.35. The summed E-state index contributed by atoms with van der Waals surface area (Å²) >= 11 is 0. The van der Waals surface area contributed by atoms with Crippen LogP contribution in [0.3, 0.4) is 0 Å². The summed E-state index contributed by atoms with van der Waals surface area (Å²) < 4.78 is 5.56. The van der Waals surface area contributed by atoms with Gasteiger partial charge in [-0.05, 0) is 46.8 Å². The molecule has 1 aromatic heterocycles. The molecule has 0 aliphatic carbocycles. The van der Waals surface area contributed by atoms with E-state index < -0.39 is 0 Å². The average Bonchev–Trinajstić information content (AvgIpc) is 2.46. The molecule has 2 heterocycles. The van der Waals surface area contributed by atoms with Gasteiger partial charge in [-0.3, -0.25) is 5.43 Å². The summed E-state index contributed by atoms with van der Waals surface area (Å²) in [6.45, 7) is 6.02. The molecule has 8 nitrogen and oxygen atoms in total. The van der Waals surface area contributed by atoms with E-state index in [9.17, 15) is 0 Å². The molecule has 0 unspecified atom stereocenters. The molecule has 0 spiro atoms. The Bertz CT molecular complexity index is 460. The van der Waals surface area contributed by atoms with Gasteiger partial charge in [0, 0.05) is 13.1 Å². The SMILES string of the molecule is CC(C)Oc1nc(NN)nc(N(C)C2CCN(C)CC2)n1. The lowest BCUT2D eigenvalue weighted by molar-refractivity contribution is 0.221. The Labute approximate surface area is 125 Å². The monoisotopic (exact) mass is 295 g/mol. The zero-order valence-electron chi connectivity index (χ0n) is 13.2. The van der Waals surface area contributed by atoms with Gasteiger partial charge in [-0.2, -0.15) is 15.0 Å². The zero-order chi connectivity index (χ0) is 15.4. The number of hydrogen-bond donors (Lipinski definition) is 2. The normalized spacial score (nSPS) is 17.0. The van der Waals surface area contributed by atoms with Crippen LogP contribution in [0, 0.1) is 0 Å². The number of anilines is 2. The summed E-state index contributed by atoms with van der Waals surface area (Å²) in [7, 11) is 4.15. The molecule has 3 N–H and O–H groups in total. The number of hydrogen-bond acceptors (Lipinski definition) is 8. The van der Waals surface area contributed by atoms with Crippen molar-refractivity contribution in [2.75, 3.05) is 37.5 Å². The van der Waals surface area contributed by atoms with Crippen LogP contribution in [0.5, 0.6) is 6.01 Å². The van der Waals surface area contributed by atoms with Crippen LogP contribution >= 0.6 is 0 Å². The highest BCUT2D eigenvalue weighted by Gasteiger charge is 2.23. The van der Waals surface area contributed by atoms with Gasteiger partial charge in [-0.15, -0.1) is 0 Å². The molecule has 0 aromatic carbocycles. The third-order valence-electron chi connectivity index (χ3n) is 3.62. The number of aromatic nitrogens is 3. The topological polar surface area (TPSA) is 92.4 Å². The maximum atomic E-state index is 5.56. The van der Waals surface area contributed by atoms with Crippen molar-refractivity contribution in [3.05, 3.63) is 0 Å². The second kappa shape index (κ2) is 6.86. The van der Waals surface area contributed by atoms with Crippen molar-refractivity contribution in [1.82, 2.24) is 19.9 Å². The fourth-order valence-corrected chi connectivity index (χ4v) is 2.38. The molecule has 1 fully saturated rings. The second-order valence-corrected chi connectivity index (χ2v) is 5.70. The molecule has 0 bridgehead atoms. The lowest BCUT2D eigenvalue weighted by Crippen LogP contribution is -2.42. The molecular weight excluding hydrogens is 270 g/mol. The van der Waals surface area contributed by atoms with Crippen LogP contribution in [-0.4, -0.2) is 59.2 Å². The summed E-state index contributed by atoms with van der Waals surface area (Å²) in [5.41, 5.74) is 2.47. The summed E-state index contributed by atoms with van der Waals surface area (Å²) in [4.78, 5) is 17.2. The van der Waals surface area contributed by atoms with Gasteiger partial charge < -0.3 is 14.5 Å². The van der Waals surface area contributed by atoms with Crippen molar-refractivity contribution in [1.29, 1.82) is 0 Å². The van der Waals surface area contributed by atoms with Gasteiger partial charge >= 0.3 is 6.01 Å². The van der Waals surface area contributed by atoms with Gasteiger partial charge in [0.2, 0.25) is 11.9 Å². The summed E-state index contributed by atoms with van der Waals surface area (Å²) in [5.74, 6) is 6.33. The van der Waals surface area contributed by atoms with Crippen LogP contribution in [0.4, 0.5) is 11.9 Å². The first-order chi connectivity index (χ1) is 9.99. The molecule has 1 aromatic rings. The van der Waals surface area contributed by atoms with Crippen molar-refractivity contribution in [3.63, 3.8) is 0 Å². The third-order valence-corrected chi connectivity index (χ3v) is 3.62. The van der Waals surface area contributed by atoms with Crippen LogP contribution in [0.25, 0.3) is 0 Å². The zero-order valence-corrected chi connectivity index (χ0v) is 13.2. The largest absolute Gasteiger partial charge is 0.461 e. The third kappa shape index (κ3) is 4.15.